The first-order valence-electron chi connectivity index (χ1n) is 8.44. The summed E-state index contributed by atoms with van der Waals surface area (Å²) in [6.07, 6.45) is 0. The number of benzene rings is 2. The molecule has 0 radical (unpaired) electrons. The van der Waals surface area contributed by atoms with E-state index in [1.165, 1.54) is 31.2 Å². The molecule has 0 saturated carbocycles. The maximum absolute atomic E-state index is 13.2. The highest BCUT2D eigenvalue weighted by atomic mass is 32.2. The number of carbonyl (C=O) groups is 3. The summed E-state index contributed by atoms with van der Waals surface area (Å²) in [5.74, 6) is -4.57. The van der Waals surface area contributed by atoms with E-state index in [9.17, 15) is 27.6 Å². The van der Waals surface area contributed by atoms with Gasteiger partial charge in [0.1, 0.15) is 17.9 Å². The maximum atomic E-state index is 13.2. The summed E-state index contributed by atoms with van der Waals surface area (Å²) in [7, 11) is 0. The second-order valence-corrected chi connectivity index (χ2v) is 7.41. The van der Waals surface area contributed by atoms with E-state index in [0.717, 1.165) is 17.0 Å². The van der Waals surface area contributed by atoms with Gasteiger partial charge in [-0.15, -0.1) is 0 Å². The minimum absolute atomic E-state index is 0.149. The molecule has 1 aliphatic rings. The number of nitrogens with one attached hydrogen (secondary N) is 2. The number of alkyl halides is 2. The van der Waals surface area contributed by atoms with Gasteiger partial charge in [-0.3, -0.25) is 14.5 Å². The maximum Gasteiger partial charge on any atom is 0.325 e. The quantitative estimate of drug-likeness (QED) is 0.550. The molecule has 0 aromatic heterocycles. The molecule has 6 nitrogen and oxygen atoms in total. The van der Waals surface area contributed by atoms with Gasteiger partial charge in [-0.25, -0.2) is 9.18 Å². The predicted octanol–water partition coefficient (Wildman–Crippen LogP) is 3.55. The van der Waals surface area contributed by atoms with Crippen molar-refractivity contribution in [3.05, 3.63) is 59.9 Å². The molecule has 1 fully saturated rings. The molecule has 1 saturated heterocycles. The van der Waals surface area contributed by atoms with Crippen LogP contribution in [0.3, 0.4) is 0 Å². The number of anilines is 1. The number of thioether (sulfide) groups is 1. The largest absolute Gasteiger partial charge is 0.325 e. The van der Waals surface area contributed by atoms with E-state index >= 15 is 0 Å². The van der Waals surface area contributed by atoms with Crippen molar-refractivity contribution < 1.29 is 27.6 Å². The van der Waals surface area contributed by atoms with Crippen LogP contribution < -0.4 is 10.6 Å². The number of amides is 4. The minimum atomic E-state index is -2.67. The molecule has 0 aliphatic carbocycles. The average molecular weight is 423 g/mol. The third kappa shape index (κ3) is 4.37. The molecular formula is C19H16F3N3O3S. The topological polar surface area (TPSA) is 78.5 Å². The van der Waals surface area contributed by atoms with Crippen LogP contribution in [0.4, 0.5) is 23.7 Å². The standard InChI is InChI=1S/C19H16F3N3O3S/c1-19(11-6-8-12(20)9-7-11)16(27)25(18(28)24-19)10-15(26)23-13-4-2-3-5-14(13)29-17(21)22/h2-9,17H,10H2,1H3,(H,23,26)(H,24,28). The van der Waals surface area contributed by atoms with Crippen molar-refractivity contribution in [2.75, 3.05) is 11.9 Å². The van der Waals surface area contributed by atoms with Gasteiger partial charge in [0.25, 0.3) is 11.7 Å². The number of hydrogen-bond donors (Lipinski definition) is 2. The second kappa shape index (κ2) is 8.16. The molecule has 10 heteroatoms. The van der Waals surface area contributed by atoms with Gasteiger partial charge in [-0.2, -0.15) is 8.78 Å². The van der Waals surface area contributed by atoms with Crippen molar-refractivity contribution in [1.82, 2.24) is 10.2 Å². The molecule has 29 heavy (non-hydrogen) atoms. The van der Waals surface area contributed by atoms with Crippen molar-refractivity contribution in [1.29, 1.82) is 0 Å². The van der Waals surface area contributed by atoms with Gasteiger partial charge in [0.2, 0.25) is 5.91 Å². The zero-order chi connectivity index (χ0) is 21.2. The van der Waals surface area contributed by atoms with Crippen molar-refractivity contribution >= 4 is 35.3 Å². The van der Waals surface area contributed by atoms with Crippen molar-refractivity contribution in [2.24, 2.45) is 0 Å². The van der Waals surface area contributed by atoms with Gasteiger partial charge < -0.3 is 10.6 Å². The molecule has 2 aromatic rings. The van der Waals surface area contributed by atoms with Gasteiger partial charge in [0.15, 0.2) is 0 Å². The Morgan fingerprint density at radius 1 is 1.17 bits per heavy atom. The van der Waals surface area contributed by atoms with Gasteiger partial charge in [-0.1, -0.05) is 36.0 Å². The monoisotopic (exact) mass is 423 g/mol. The molecule has 1 unspecified atom stereocenters. The molecule has 152 valence electrons. The Balaban J connectivity index is 1.74. The Bertz CT molecular complexity index is 955. The molecule has 1 heterocycles. The van der Waals surface area contributed by atoms with E-state index in [4.69, 9.17) is 0 Å². The Morgan fingerprint density at radius 2 is 1.83 bits per heavy atom. The zero-order valence-electron chi connectivity index (χ0n) is 15.1. The summed E-state index contributed by atoms with van der Waals surface area (Å²) >= 11 is 0.271. The highest BCUT2D eigenvalue weighted by Crippen LogP contribution is 2.32. The van der Waals surface area contributed by atoms with Gasteiger partial charge in [0.05, 0.1) is 5.69 Å². The van der Waals surface area contributed by atoms with Crippen LogP contribution in [-0.2, 0) is 15.1 Å². The first-order valence-corrected chi connectivity index (χ1v) is 9.32. The smallest absolute Gasteiger partial charge is 0.324 e. The van der Waals surface area contributed by atoms with Gasteiger partial charge in [0, 0.05) is 4.90 Å². The molecule has 1 atom stereocenters. The first-order chi connectivity index (χ1) is 13.7. The van der Waals surface area contributed by atoms with E-state index in [-0.39, 0.29) is 22.3 Å². The van der Waals surface area contributed by atoms with Crippen LogP contribution in [0, 0.1) is 5.82 Å². The summed E-state index contributed by atoms with van der Waals surface area (Å²) in [5.41, 5.74) is -0.941. The normalized spacial score (nSPS) is 18.9. The SMILES string of the molecule is CC1(c2ccc(F)cc2)NC(=O)N(CC(=O)Nc2ccccc2SC(F)F)C1=O. The predicted molar refractivity (Wildman–Crippen MR) is 101 cm³/mol. The van der Waals surface area contributed by atoms with Crippen LogP contribution in [0.2, 0.25) is 0 Å². The van der Waals surface area contributed by atoms with E-state index < -0.39 is 41.5 Å². The second-order valence-electron chi connectivity index (χ2n) is 6.38. The number of para-hydroxylation sites is 1. The number of imide groups is 1. The Morgan fingerprint density at radius 3 is 2.48 bits per heavy atom. The molecule has 1 aliphatic heterocycles. The van der Waals surface area contributed by atoms with E-state index in [1.54, 1.807) is 12.1 Å². The Labute approximate surface area is 168 Å². The highest BCUT2D eigenvalue weighted by molar-refractivity contribution is 7.99. The lowest BCUT2D eigenvalue weighted by Gasteiger charge is -2.22. The Hall–Kier alpha value is -3.01. The number of carbonyl (C=O) groups excluding carboxylic acids is 3. The highest BCUT2D eigenvalue weighted by Gasteiger charge is 2.49. The van der Waals surface area contributed by atoms with Crippen LogP contribution in [0.15, 0.2) is 53.4 Å². The van der Waals surface area contributed by atoms with E-state index in [1.807, 2.05) is 0 Å². The molecular weight excluding hydrogens is 407 g/mol. The minimum Gasteiger partial charge on any atom is -0.324 e. The van der Waals surface area contributed by atoms with Crippen molar-refractivity contribution in [2.45, 2.75) is 23.1 Å². The number of nitrogens with zero attached hydrogens (tertiary/aromatic N) is 1. The van der Waals surface area contributed by atoms with Crippen LogP contribution in [0.1, 0.15) is 12.5 Å². The zero-order valence-corrected chi connectivity index (χ0v) is 15.9. The van der Waals surface area contributed by atoms with Gasteiger partial charge in [-0.05, 0) is 36.8 Å². The summed E-state index contributed by atoms with van der Waals surface area (Å²) in [4.78, 5) is 38.3. The lowest BCUT2D eigenvalue weighted by Crippen LogP contribution is -2.42. The van der Waals surface area contributed by atoms with E-state index in [2.05, 4.69) is 10.6 Å². The number of rotatable bonds is 6. The van der Waals surface area contributed by atoms with Gasteiger partial charge >= 0.3 is 6.03 Å². The molecule has 2 aromatic carbocycles. The third-order valence-electron chi connectivity index (χ3n) is 4.38. The lowest BCUT2D eigenvalue weighted by atomic mass is 9.92. The Kier molecular flexibility index (Phi) is 5.83. The van der Waals surface area contributed by atoms with E-state index in [0.29, 0.717) is 5.56 Å². The lowest BCUT2D eigenvalue weighted by molar-refractivity contribution is -0.133. The summed E-state index contributed by atoms with van der Waals surface area (Å²) in [6, 6.07) is 10.2. The number of halogens is 3. The molecule has 3 rings (SSSR count). The first kappa shape index (κ1) is 20.7. The molecule has 2 N–H and O–H groups in total. The van der Waals surface area contributed by atoms with Crippen molar-refractivity contribution in [3.8, 4) is 0 Å². The van der Waals surface area contributed by atoms with Crippen LogP contribution in [-0.4, -0.2) is 35.0 Å². The molecule has 4 amide bonds. The van der Waals surface area contributed by atoms with Crippen LogP contribution in [0.5, 0.6) is 0 Å². The number of hydrogen-bond acceptors (Lipinski definition) is 4. The fourth-order valence-corrected chi connectivity index (χ4v) is 3.52. The number of urea groups is 1. The summed E-state index contributed by atoms with van der Waals surface area (Å²) < 4.78 is 38.5. The molecule has 0 bridgehead atoms. The summed E-state index contributed by atoms with van der Waals surface area (Å²) in [5, 5.41) is 4.95. The molecule has 0 spiro atoms. The average Bonchev–Trinajstić information content (AvgIpc) is 2.87. The van der Waals surface area contributed by atoms with Crippen LogP contribution >= 0.6 is 11.8 Å². The van der Waals surface area contributed by atoms with Crippen LogP contribution in [0.25, 0.3) is 0 Å². The summed E-state index contributed by atoms with van der Waals surface area (Å²) in [6.45, 7) is 0.849. The fourth-order valence-electron chi connectivity index (χ4n) is 2.92. The third-order valence-corrected chi connectivity index (χ3v) is 5.16. The van der Waals surface area contributed by atoms with Crippen molar-refractivity contribution in [3.63, 3.8) is 0 Å². The fraction of sp³-hybridized carbons (Fsp3) is 0.211.